The van der Waals surface area contributed by atoms with Crippen molar-refractivity contribution in [2.75, 3.05) is 5.32 Å². The van der Waals surface area contributed by atoms with Crippen LogP contribution in [0.3, 0.4) is 0 Å². The predicted molar refractivity (Wildman–Crippen MR) is 100.0 cm³/mol. The molecule has 0 unspecified atom stereocenters. The fraction of sp³-hybridized carbons (Fsp3) is 0.316. The van der Waals surface area contributed by atoms with Crippen molar-refractivity contribution >= 4 is 22.9 Å². The van der Waals surface area contributed by atoms with E-state index in [9.17, 15) is 9.18 Å². The number of hydrogen-bond acceptors (Lipinski definition) is 4. The van der Waals surface area contributed by atoms with Crippen molar-refractivity contribution < 1.29 is 9.18 Å². The molecule has 0 radical (unpaired) electrons. The molecular formula is C19H19FN4OS. The van der Waals surface area contributed by atoms with Crippen LogP contribution in [0.15, 0.2) is 29.6 Å². The van der Waals surface area contributed by atoms with Gasteiger partial charge in [-0.05, 0) is 55.0 Å². The second kappa shape index (κ2) is 6.99. The Balaban J connectivity index is 1.66. The number of nitrogens with one attached hydrogen (secondary N) is 1. The smallest absolute Gasteiger partial charge is 0.266 e. The Morgan fingerprint density at radius 2 is 2.12 bits per heavy atom. The average molecular weight is 370 g/mol. The van der Waals surface area contributed by atoms with Crippen molar-refractivity contribution in [1.82, 2.24) is 14.8 Å². The van der Waals surface area contributed by atoms with Crippen LogP contribution in [0.5, 0.6) is 0 Å². The van der Waals surface area contributed by atoms with E-state index < -0.39 is 5.82 Å². The highest BCUT2D eigenvalue weighted by molar-refractivity contribution is 7.12. The standard InChI is InChI=1S/C19H19FN4OS/c1-12-8-10-26-17(12)19(25)21-15-11-13(6-7-14(15)20)18-23-22-16-5-3-2-4-9-24(16)18/h6-8,10-11H,2-5,9H2,1H3,(H,21,25). The summed E-state index contributed by atoms with van der Waals surface area (Å²) in [7, 11) is 0. The van der Waals surface area contributed by atoms with E-state index in [-0.39, 0.29) is 11.6 Å². The highest BCUT2D eigenvalue weighted by atomic mass is 32.1. The first-order valence-electron chi connectivity index (χ1n) is 8.71. The Morgan fingerprint density at radius 3 is 2.92 bits per heavy atom. The minimum atomic E-state index is -0.466. The van der Waals surface area contributed by atoms with Gasteiger partial charge in [0.2, 0.25) is 0 Å². The number of nitrogens with zero attached hydrogens (tertiary/aromatic N) is 3. The first kappa shape index (κ1) is 16.9. The normalized spacial score (nSPS) is 13.9. The third-order valence-electron chi connectivity index (χ3n) is 4.65. The van der Waals surface area contributed by atoms with Gasteiger partial charge in [0.25, 0.3) is 5.91 Å². The zero-order valence-electron chi connectivity index (χ0n) is 14.5. The molecule has 3 aromatic rings. The molecule has 1 N–H and O–H groups in total. The van der Waals surface area contributed by atoms with E-state index in [1.807, 2.05) is 18.4 Å². The van der Waals surface area contributed by atoms with E-state index in [2.05, 4.69) is 20.1 Å². The second-order valence-electron chi connectivity index (χ2n) is 6.48. The SMILES string of the molecule is Cc1ccsc1C(=O)Nc1cc(-c2nnc3n2CCCCC3)ccc1F. The maximum atomic E-state index is 14.3. The van der Waals surface area contributed by atoms with E-state index in [1.54, 1.807) is 12.1 Å². The molecule has 0 saturated carbocycles. The van der Waals surface area contributed by atoms with Crippen LogP contribution >= 0.6 is 11.3 Å². The predicted octanol–water partition coefficient (Wildman–Crippen LogP) is 4.43. The topological polar surface area (TPSA) is 59.8 Å². The van der Waals surface area contributed by atoms with Gasteiger partial charge in [0.05, 0.1) is 10.6 Å². The number of aromatic nitrogens is 3. The van der Waals surface area contributed by atoms with Gasteiger partial charge in [-0.25, -0.2) is 4.39 Å². The molecule has 0 atom stereocenters. The van der Waals surface area contributed by atoms with Gasteiger partial charge in [0.15, 0.2) is 5.82 Å². The fourth-order valence-corrected chi connectivity index (χ4v) is 4.06. The molecule has 2 aromatic heterocycles. The quantitative estimate of drug-likeness (QED) is 0.742. The summed E-state index contributed by atoms with van der Waals surface area (Å²) in [5.74, 6) is 0.937. The van der Waals surface area contributed by atoms with E-state index in [1.165, 1.54) is 23.8 Å². The minimum absolute atomic E-state index is 0.159. The number of carbonyl (C=O) groups is 1. The number of benzene rings is 1. The van der Waals surface area contributed by atoms with E-state index in [0.29, 0.717) is 4.88 Å². The molecule has 0 spiro atoms. The Bertz CT molecular complexity index is 962. The van der Waals surface area contributed by atoms with Gasteiger partial charge >= 0.3 is 0 Å². The van der Waals surface area contributed by atoms with Gasteiger partial charge in [-0.3, -0.25) is 4.79 Å². The van der Waals surface area contributed by atoms with Gasteiger partial charge < -0.3 is 9.88 Å². The lowest BCUT2D eigenvalue weighted by Gasteiger charge is -2.10. The molecule has 26 heavy (non-hydrogen) atoms. The number of aryl methyl sites for hydroxylation is 2. The molecule has 0 fully saturated rings. The lowest BCUT2D eigenvalue weighted by Crippen LogP contribution is -2.12. The molecule has 0 aliphatic carbocycles. The van der Waals surface area contributed by atoms with Crippen molar-refractivity contribution in [1.29, 1.82) is 0 Å². The first-order valence-corrected chi connectivity index (χ1v) is 9.59. The zero-order valence-corrected chi connectivity index (χ0v) is 15.3. The molecule has 1 aliphatic heterocycles. The molecule has 3 heterocycles. The van der Waals surface area contributed by atoms with Crippen LogP contribution in [0.4, 0.5) is 10.1 Å². The molecule has 5 nitrogen and oxygen atoms in total. The van der Waals surface area contributed by atoms with Crippen molar-refractivity contribution in [3.8, 4) is 11.4 Å². The number of halogens is 1. The van der Waals surface area contributed by atoms with Crippen molar-refractivity contribution in [3.05, 3.63) is 51.7 Å². The number of anilines is 1. The Kier molecular flexibility index (Phi) is 4.55. The summed E-state index contributed by atoms with van der Waals surface area (Å²) >= 11 is 1.34. The van der Waals surface area contributed by atoms with E-state index in [4.69, 9.17) is 0 Å². The van der Waals surface area contributed by atoms with Gasteiger partial charge in [-0.15, -0.1) is 21.5 Å². The summed E-state index contributed by atoms with van der Waals surface area (Å²) in [4.78, 5) is 13.0. The summed E-state index contributed by atoms with van der Waals surface area (Å²) in [6, 6.07) is 6.56. The number of hydrogen-bond donors (Lipinski definition) is 1. The van der Waals surface area contributed by atoms with Crippen LogP contribution in [-0.2, 0) is 13.0 Å². The Labute approximate surface area is 154 Å². The zero-order chi connectivity index (χ0) is 18.1. The summed E-state index contributed by atoms with van der Waals surface area (Å²) < 4.78 is 16.4. The monoisotopic (exact) mass is 370 g/mol. The molecule has 0 bridgehead atoms. The Morgan fingerprint density at radius 1 is 1.23 bits per heavy atom. The van der Waals surface area contributed by atoms with Crippen LogP contribution in [0.2, 0.25) is 0 Å². The second-order valence-corrected chi connectivity index (χ2v) is 7.40. The summed E-state index contributed by atoms with van der Waals surface area (Å²) in [6.07, 6.45) is 4.28. The number of rotatable bonds is 3. The maximum Gasteiger partial charge on any atom is 0.266 e. The van der Waals surface area contributed by atoms with Crippen molar-refractivity contribution in [3.63, 3.8) is 0 Å². The lowest BCUT2D eigenvalue weighted by atomic mass is 10.1. The molecule has 1 aromatic carbocycles. The Hall–Kier alpha value is -2.54. The van der Waals surface area contributed by atoms with Crippen LogP contribution in [0.1, 0.15) is 40.3 Å². The number of thiophene rings is 1. The molecule has 7 heteroatoms. The van der Waals surface area contributed by atoms with Crippen LogP contribution in [0.25, 0.3) is 11.4 Å². The average Bonchev–Trinajstić information content (AvgIpc) is 3.16. The van der Waals surface area contributed by atoms with Crippen LogP contribution in [-0.4, -0.2) is 20.7 Å². The van der Waals surface area contributed by atoms with Gasteiger partial charge in [-0.1, -0.05) is 6.42 Å². The minimum Gasteiger partial charge on any atom is -0.319 e. The summed E-state index contributed by atoms with van der Waals surface area (Å²) in [5, 5.41) is 13.1. The van der Waals surface area contributed by atoms with Crippen molar-refractivity contribution in [2.24, 2.45) is 0 Å². The largest absolute Gasteiger partial charge is 0.319 e. The highest BCUT2D eigenvalue weighted by Crippen LogP contribution is 2.27. The van der Waals surface area contributed by atoms with Crippen molar-refractivity contribution in [2.45, 2.75) is 39.2 Å². The summed E-state index contributed by atoms with van der Waals surface area (Å²) in [6.45, 7) is 2.73. The number of fused-ring (bicyclic) bond motifs is 1. The lowest BCUT2D eigenvalue weighted by molar-refractivity contribution is 0.102. The molecule has 0 saturated heterocycles. The van der Waals surface area contributed by atoms with E-state index >= 15 is 0 Å². The van der Waals surface area contributed by atoms with E-state index in [0.717, 1.165) is 48.6 Å². The van der Waals surface area contributed by atoms with Crippen LogP contribution in [0, 0.1) is 12.7 Å². The third-order valence-corrected chi connectivity index (χ3v) is 5.67. The fourth-order valence-electron chi connectivity index (χ4n) is 3.24. The summed E-state index contributed by atoms with van der Waals surface area (Å²) in [5.41, 5.74) is 1.79. The van der Waals surface area contributed by atoms with Crippen LogP contribution < -0.4 is 5.32 Å². The first-order chi connectivity index (χ1) is 12.6. The molecule has 1 aliphatic rings. The molecule has 134 valence electrons. The molecule has 4 rings (SSSR count). The highest BCUT2D eigenvalue weighted by Gasteiger charge is 2.18. The van der Waals surface area contributed by atoms with Gasteiger partial charge in [-0.2, -0.15) is 0 Å². The maximum absolute atomic E-state index is 14.3. The number of amides is 1. The molecule has 1 amide bonds. The van der Waals surface area contributed by atoms with Gasteiger partial charge in [0, 0.05) is 18.5 Å². The third kappa shape index (κ3) is 3.14. The number of carbonyl (C=O) groups excluding carboxylic acids is 1. The van der Waals surface area contributed by atoms with Gasteiger partial charge in [0.1, 0.15) is 11.6 Å². The molecular weight excluding hydrogens is 351 g/mol.